The molecule has 0 saturated heterocycles. The molecule has 9 rings (SSSR count). The molecule has 298 valence electrons. The molecule has 0 spiro atoms. The molecule has 1 heterocycles. The zero-order valence-corrected chi connectivity index (χ0v) is 35.2. The van der Waals surface area contributed by atoms with E-state index in [0.717, 1.165) is 75.4 Å². The standard InChI is InChI=1S/C57H50N4/c1-39-18-22-44(23-19-39)53(36-52(58-4)48-26-24-41-12-8-10-16-46(41)34-48)59-38-40-20-30-50(31-21-40)57(2,3)51-32-28-45(29-33-51)56-60-54(43-14-6-5-7-15-43)37-55(61-56)49-27-25-42-13-9-11-17-47(42)35-49/h5-9,11-15,17-18,20-37,39H,4,10,16,19,38H2,1-3H3/b52-36-,59-53?. The third-order valence-corrected chi connectivity index (χ3v) is 12.2. The van der Waals surface area contributed by atoms with Gasteiger partial charge in [-0.2, -0.15) is 0 Å². The van der Waals surface area contributed by atoms with Crippen LogP contribution in [0.4, 0.5) is 0 Å². The van der Waals surface area contributed by atoms with Crippen LogP contribution in [0, 0.1) is 5.92 Å². The molecule has 4 heteroatoms. The number of aliphatic imine (C=N–C) groups is 2. The van der Waals surface area contributed by atoms with Crippen LogP contribution in [0.3, 0.4) is 0 Å². The Morgan fingerprint density at radius 1 is 0.721 bits per heavy atom. The van der Waals surface area contributed by atoms with E-state index in [1.165, 1.54) is 33.0 Å². The van der Waals surface area contributed by atoms with E-state index in [0.29, 0.717) is 18.3 Å². The predicted octanol–water partition coefficient (Wildman–Crippen LogP) is 14.1. The first-order valence-electron chi connectivity index (χ1n) is 21.4. The molecule has 6 aromatic carbocycles. The SMILES string of the molecule is C=N/C(=C\C(=NCc1ccc(C(C)(C)c2ccc(-c3nc(-c4ccccc4)cc(-c4ccc5ccccc5c4)n3)cc2)cc1)C1=CCC(C)C=C1)c1ccc2c(c1)CCC=C2. The highest BCUT2D eigenvalue weighted by Gasteiger charge is 2.24. The second-order valence-corrected chi connectivity index (χ2v) is 16.8. The number of rotatable bonds is 11. The first kappa shape index (κ1) is 39.4. The van der Waals surface area contributed by atoms with Crippen LogP contribution in [0.25, 0.3) is 56.4 Å². The largest absolute Gasteiger partial charge is 0.280 e. The van der Waals surface area contributed by atoms with E-state index in [-0.39, 0.29) is 5.41 Å². The number of fused-ring (bicyclic) bond motifs is 2. The Kier molecular flexibility index (Phi) is 11.2. The molecule has 1 aromatic heterocycles. The molecular formula is C57H50N4. The van der Waals surface area contributed by atoms with Gasteiger partial charge in [0.1, 0.15) is 0 Å². The van der Waals surface area contributed by atoms with Crippen molar-refractivity contribution in [2.75, 3.05) is 0 Å². The van der Waals surface area contributed by atoms with Gasteiger partial charge in [-0.1, -0.05) is 179 Å². The van der Waals surface area contributed by atoms with E-state index in [1.54, 1.807) is 0 Å². The van der Waals surface area contributed by atoms with Crippen molar-refractivity contribution in [2.45, 2.75) is 52.0 Å². The van der Waals surface area contributed by atoms with Crippen LogP contribution in [0.2, 0.25) is 0 Å². The lowest BCUT2D eigenvalue weighted by Crippen LogP contribution is -2.18. The third kappa shape index (κ3) is 8.67. The molecule has 0 saturated carbocycles. The number of aryl methyl sites for hydroxylation is 1. The van der Waals surface area contributed by atoms with E-state index in [4.69, 9.17) is 15.0 Å². The second kappa shape index (κ2) is 17.3. The van der Waals surface area contributed by atoms with Crippen LogP contribution in [0.5, 0.6) is 0 Å². The third-order valence-electron chi connectivity index (χ3n) is 12.2. The van der Waals surface area contributed by atoms with Crippen molar-refractivity contribution >= 4 is 35.0 Å². The zero-order valence-electron chi connectivity index (χ0n) is 35.2. The van der Waals surface area contributed by atoms with Crippen molar-refractivity contribution in [2.24, 2.45) is 15.9 Å². The topological polar surface area (TPSA) is 50.5 Å². The van der Waals surface area contributed by atoms with Gasteiger partial charge in [-0.15, -0.1) is 0 Å². The average Bonchev–Trinajstić information content (AvgIpc) is 3.32. The Hall–Kier alpha value is -7.04. The molecular weight excluding hydrogens is 741 g/mol. The predicted molar refractivity (Wildman–Crippen MR) is 258 cm³/mol. The maximum absolute atomic E-state index is 5.21. The van der Waals surface area contributed by atoms with Crippen molar-refractivity contribution in [3.63, 3.8) is 0 Å². The van der Waals surface area contributed by atoms with Gasteiger partial charge < -0.3 is 0 Å². The summed E-state index contributed by atoms with van der Waals surface area (Å²) in [6, 6.07) is 51.7. The molecule has 0 amide bonds. The van der Waals surface area contributed by atoms with Crippen LogP contribution in [0.1, 0.15) is 67.0 Å². The first-order chi connectivity index (χ1) is 29.8. The highest BCUT2D eigenvalue weighted by molar-refractivity contribution is 6.14. The summed E-state index contributed by atoms with van der Waals surface area (Å²) in [5.74, 6) is 1.22. The number of hydrogen-bond donors (Lipinski definition) is 0. The monoisotopic (exact) mass is 790 g/mol. The van der Waals surface area contributed by atoms with Crippen molar-refractivity contribution in [1.82, 2.24) is 9.97 Å². The summed E-state index contributed by atoms with van der Waals surface area (Å²) >= 11 is 0. The van der Waals surface area contributed by atoms with Gasteiger partial charge in [0.25, 0.3) is 0 Å². The van der Waals surface area contributed by atoms with Crippen molar-refractivity contribution in [1.29, 1.82) is 0 Å². The van der Waals surface area contributed by atoms with E-state index in [1.807, 2.05) is 6.07 Å². The Labute approximate surface area is 360 Å². The van der Waals surface area contributed by atoms with Crippen molar-refractivity contribution < 1.29 is 0 Å². The van der Waals surface area contributed by atoms with Crippen LogP contribution in [0.15, 0.2) is 192 Å². The molecule has 0 radical (unpaired) electrons. The fraction of sp³-hybridized carbons (Fsp3) is 0.158. The summed E-state index contributed by atoms with van der Waals surface area (Å²) in [7, 11) is 0. The van der Waals surface area contributed by atoms with Gasteiger partial charge in [0.05, 0.1) is 29.3 Å². The fourth-order valence-corrected chi connectivity index (χ4v) is 8.32. The molecule has 7 aromatic rings. The number of hydrogen-bond acceptors (Lipinski definition) is 4. The molecule has 2 aliphatic carbocycles. The van der Waals surface area contributed by atoms with E-state index >= 15 is 0 Å². The first-order valence-corrected chi connectivity index (χ1v) is 21.4. The van der Waals surface area contributed by atoms with Gasteiger partial charge in [0.2, 0.25) is 0 Å². The molecule has 0 bridgehead atoms. The number of benzene rings is 6. The molecule has 4 nitrogen and oxygen atoms in total. The van der Waals surface area contributed by atoms with E-state index < -0.39 is 0 Å². The Balaban J connectivity index is 0.970. The van der Waals surface area contributed by atoms with Crippen LogP contribution in [-0.2, 0) is 18.4 Å². The molecule has 1 atom stereocenters. The quantitative estimate of drug-likeness (QED) is 0.123. The normalized spacial score (nSPS) is 15.4. The fourth-order valence-electron chi connectivity index (χ4n) is 8.32. The summed E-state index contributed by atoms with van der Waals surface area (Å²) in [5.41, 5.74) is 14.9. The Morgan fingerprint density at radius 3 is 2.16 bits per heavy atom. The van der Waals surface area contributed by atoms with Gasteiger partial charge in [0.15, 0.2) is 5.82 Å². The highest BCUT2D eigenvalue weighted by Crippen LogP contribution is 2.35. The second-order valence-electron chi connectivity index (χ2n) is 16.8. The summed E-state index contributed by atoms with van der Waals surface area (Å²) in [6.07, 6.45) is 16.4. The zero-order chi connectivity index (χ0) is 41.8. The Morgan fingerprint density at radius 2 is 1.43 bits per heavy atom. The maximum atomic E-state index is 5.21. The number of aromatic nitrogens is 2. The van der Waals surface area contributed by atoms with Crippen LogP contribution in [-0.4, -0.2) is 22.4 Å². The summed E-state index contributed by atoms with van der Waals surface area (Å²) in [4.78, 5) is 19.9. The van der Waals surface area contributed by atoms with Crippen LogP contribution >= 0.6 is 0 Å². The highest BCUT2D eigenvalue weighted by atomic mass is 14.9. The lowest BCUT2D eigenvalue weighted by molar-refractivity contribution is 0.640. The molecule has 61 heavy (non-hydrogen) atoms. The van der Waals surface area contributed by atoms with E-state index in [2.05, 4.69) is 208 Å². The van der Waals surface area contributed by atoms with Gasteiger partial charge >= 0.3 is 0 Å². The van der Waals surface area contributed by atoms with Gasteiger partial charge in [-0.05, 0) is 100 Å². The Bertz CT molecular complexity index is 2890. The van der Waals surface area contributed by atoms with Gasteiger partial charge in [0, 0.05) is 27.7 Å². The molecule has 1 unspecified atom stereocenters. The maximum Gasteiger partial charge on any atom is 0.160 e. The molecule has 0 aliphatic heterocycles. The lowest BCUT2D eigenvalue weighted by atomic mass is 9.78. The molecule has 0 fully saturated rings. The molecule has 2 aliphatic rings. The average molecular weight is 791 g/mol. The lowest BCUT2D eigenvalue weighted by Gasteiger charge is -2.26. The van der Waals surface area contributed by atoms with E-state index in [9.17, 15) is 0 Å². The van der Waals surface area contributed by atoms with Gasteiger partial charge in [-0.3, -0.25) is 9.98 Å². The van der Waals surface area contributed by atoms with Gasteiger partial charge in [-0.25, -0.2) is 9.97 Å². The minimum atomic E-state index is -0.235. The summed E-state index contributed by atoms with van der Waals surface area (Å²) in [6.45, 7) is 11.3. The summed E-state index contributed by atoms with van der Waals surface area (Å²) in [5, 5.41) is 2.40. The van der Waals surface area contributed by atoms with Crippen LogP contribution < -0.4 is 0 Å². The smallest absolute Gasteiger partial charge is 0.160 e. The van der Waals surface area contributed by atoms with Crippen molar-refractivity contribution in [3.8, 4) is 33.9 Å². The number of allylic oxidation sites excluding steroid dienone is 6. The minimum absolute atomic E-state index is 0.235. The van der Waals surface area contributed by atoms with Crippen molar-refractivity contribution in [3.05, 3.63) is 215 Å². The molecule has 0 N–H and O–H groups in total. The minimum Gasteiger partial charge on any atom is -0.280 e. The summed E-state index contributed by atoms with van der Waals surface area (Å²) < 4.78 is 0. The number of nitrogens with zero attached hydrogens (tertiary/aromatic N) is 4.